The van der Waals surface area contributed by atoms with Gasteiger partial charge in [-0.05, 0) is 56.7 Å². The second kappa shape index (κ2) is 8.34. The predicted molar refractivity (Wildman–Crippen MR) is 101 cm³/mol. The first-order chi connectivity index (χ1) is 11.6. The van der Waals surface area contributed by atoms with Crippen molar-refractivity contribution in [2.45, 2.75) is 34.1 Å². The van der Waals surface area contributed by atoms with Crippen LogP contribution in [0.5, 0.6) is 0 Å². The van der Waals surface area contributed by atoms with Crippen LogP contribution in [-0.4, -0.2) is 24.0 Å². The van der Waals surface area contributed by atoms with E-state index in [9.17, 15) is 4.79 Å². The molecule has 24 heavy (non-hydrogen) atoms. The van der Waals surface area contributed by atoms with E-state index in [4.69, 9.17) is 0 Å². The van der Waals surface area contributed by atoms with Crippen molar-refractivity contribution < 1.29 is 4.79 Å². The number of amides is 1. The van der Waals surface area contributed by atoms with E-state index < -0.39 is 0 Å². The minimum absolute atomic E-state index is 0.0136. The van der Waals surface area contributed by atoms with E-state index >= 15 is 0 Å². The highest BCUT2D eigenvalue weighted by molar-refractivity contribution is 5.90. The van der Waals surface area contributed by atoms with Crippen molar-refractivity contribution in [2.75, 3.05) is 28.6 Å². The van der Waals surface area contributed by atoms with Gasteiger partial charge in [0, 0.05) is 30.9 Å². The van der Waals surface area contributed by atoms with Crippen molar-refractivity contribution in [3.63, 3.8) is 0 Å². The number of rotatable bonds is 7. The summed E-state index contributed by atoms with van der Waals surface area (Å²) >= 11 is 0. The third-order valence-electron chi connectivity index (χ3n) is 3.97. The second-order valence-corrected chi connectivity index (χ2v) is 5.63. The molecule has 0 saturated heterocycles. The number of nitrogens with one attached hydrogen (secondary N) is 2. The molecule has 5 heteroatoms. The minimum Gasteiger partial charge on any atom is -0.372 e. The lowest BCUT2D eigenvalue weighted by Crippen LogP contribution is -2.21. The first kappa shape index (κ1) is 17.8. The summed E-state index contributed by atoms with van der Waals surface area (Å²) < 4.78 is 0. The highest BCUT2D eigenvalue weighted by atomic mass is 16.1. The van der Waals surface area contributed by atoms with E-state index in [1.54, 1.807) is 6.20 Å². The van der Waals surface area contributed by atoms with E-state index in [1.165, 1.54) is 11.3 Å². The van der Waals surface area contributed by atoms with E-state index in [2.05, 4.69) is 59.5 Å². The fourth-order valence-corrected chi connectivity index (χ4v) is 2.50. The Hall–Kier alpha value is -2.56. The Balaban J connectivity index is 2.09. The number of nitrogens with zero attached hydrogens (tertiary/aromatic N) is 2. The topological polar surface area (TPSA) is 57.3 Å². The van der Waals surface area contributed by atoms with Gasteiger partial charge in [0.05, 0.1) is 11.9 Å². The molecule has 128 valence electrons. The number of aryl methyl sites for hydroxylation is 1. The molecule has 2 aromatic rings. The van der Waals surface area contributed by atoms with Crippen molar-refractivity contribution >= 4 is 28.8 Å². The molecule has 0 aliphatic heterocycles. The molecule has 0 saturated carbocycles. The van der Waals surface area contributed by atoms with Gasteiger partial charge in [0.25, 0.3) is 0 Å². The lowest BCUT2D eigenvalue weighted by Gasteiger charge is -2.22. The van der Waals surface area contributed by atoms with E-state index in [0.717, 1.165) is 24.6 Å². The van der Waals surface area contributed by atoms with Crippen molar-refractivity contribution in [1.82, 2.24) is 4.98 Å². The van der Waals surface area contributed by atoms with Gasteiger partial charge < -0.3 is 15.5 Å². The van der Waals surface area contributed by atoms with Crippen molar-refractivity contribution in [2.24, 2.45) is 0 Å². The maximum atomic E-state index is 11.4. The number of aromatic nitrogens is 1. The third-order valence-corrected chi connectivity index (χ3v) is 3.97. The van der Waals surface area contributed by atoms with Crippen LogP contribution >= 0.6 is 0 Å². The van der Waals surface area contributed by atoms with Crippen LogP contribution in [-0.2, 0) is 4.79 Å². The average Bonchev–Trinajstić information content (AvgIpc) is 2.59. The molecular formula is C19H26N4O. The summed E-state index contributed by atoms with van der Waals surface area (Å²) in [6.07, 6.45) is 2.12. The minimum atomic E-state index is -0.0136. The molecule has 0 radical (unpaired) electrons. The highest BCUT2D eigenvalue weighted by Gasteiger charge is 2.06. The third kappa shape index (κ3) is 4.47. The molecule has 0 unspecified atom stereocenters. The molecular weight excluding hydrogens is 300 g/mol. The molecule has 5 nitrogen and oxygen atoms in total. The SMILES string of the molecule is CCC(=O)Nc1ccc(Nc2ccc(N(CC)CC)cc2C)nc1. The van der Waals surface area contributed by atoms with Gasteiger partial charge in [0.2, 0.25) is 5.91 Å². The van der Waals surface area contributed by atoms with Crippen molar-refractivity contribution in [3.05, 3.63) is 42.1 Å². The molecule has 1 heterocycles. The maximum Gasteiger partial charge on any atom is 0.224 e. The fourth-order valence-electron chi connectivity index (χ4n) is 2.50. The Morgan fingerprint density at radius 3 is 2.42 bits per heavy atom. The number of carbonyl (C=O) groups excluding carboxylic acids is 1. The van der Waals surface area contributed by atoms with Crippen LogP contribution in [0.25, 0.3) is 0 Å². The summed E-state index contributed by atoms with van der Waals surface area (Å²) in [5.74, 6) is 0.739. The maximum absolute atomic E-state index is 11.4. The molecule has 0 aliphatic rings. The van der Waals surface area contributed by atoms with Crippen LogP contribution in [0.15, 0.2) is 36.5 Å². The zero-order valence-corrected chi connectivity index (χ0v) is 14.9. The number of carbonyl (C=O) groups is 1. The van der Waals surface area contributed by atoms with Crippen LogP contribution in [0.1, 0.15) is 32.8 Å². The second-order valence-electron chi connectivity index (χ2n) is 5.63. The van der Waals surface area contributed by atoms with E-state index in [0.29, 0.717) is 12.1 Å². The first-order valence-corrected chi connectivity index (χ1v) is 8.45. The number of hydrogen-bond donors (Lipinski definition) is 2. The summed E-state index contributed by atoms with van der Waals surface area (Å²) in [5, 5.41) is 6.12. The van der Waals surface area contributed by atoms with Crippen molar-refractivity contribution in [1.29, 1.82) is 0 Å². The van der Waals surface area contributed by atoms with Gasteiger partial charge in [-0.15, -0.1) is 0 Å². The molecule has 1 aromatic heterocycles. The van der Waals surface area contributed by atoms with E-state index in [1.807, 2.05) is 19.1 Å². The van der Waals surface area contributed by atoms with Gasteiger partial charge in [-0.1, -0.05) is 6.92 Å². The van der Waals surface area contributed by atoms with Crippen LogP contribution in [0.4, 0.5) is 22.9 Å². The van der Waals surface area contributed by atoms with Crippen LogP contribution in [0.3, 0.4) is 0 Å². The monoisotopic (exact) mass is 326 g/mol. The van der Waals surface area contributed by atoms with Gasteiger partial charge >= 0.3 is 0 Å². The molecule has 0 aliphatic carbocycles. The molecule has 0 atom stereocenters. The average molecular weight is 326 g/mol. The molecule has 0 fully saturated rings. The van der Waals surface area contributed by atoms with Gasteiger partial charge in [-0.2, -0.15) is 0 Å². The summed E-state index contributed by atoms with van der Waals surface area (Å²) in [5.41, 5.74) is 4.14. The lowest BCUT2D eigenvalue weighted by atomic mass is 10.1. The Labute approximate surface area is 144 Å². The molecule has 2 N–H and O–H groups in total. The number of hydrogen-bond acceptors (Lipinski definition) is 4. The predicted octanol–water partition coefficient (Wildman–Crippen LogP) is 4.33. The Kier molecular flexibility index (Phi) is 6.18. The van der Waals surface area contributed by atoms with Crippen LogP contribution < -0.4 is 15.5 Å². The Morgan fingerprint density at radius 1 is 1.12 bits per heavy atom. The Morgan fingerprint density at radius 2 is 1.88 bits per heavy atom. The smallest absolute Gasteiger partial charge is 0.224 e. The number of pyridine rings is 1. The molecule has 2 rings (SSSR count). The van der Waals surface area contributed by atoms with Gasteiger partial charge in [0.1, 0.15) is 5.82 Å². The standard InChI is InChI=1S/C19H26N4O/c1-5-19(24)21-15-8-11-18(20-13-15)22-17-10-9-16(12-14(17)4)23(6-2)7-3/h8-13H,5-7H2,1-4H3,(H,20,22)(H,21,24). The summed E-state index contributed by atoms with van der Waals surface area (Å²) in [6, 6.07) is 10.1. The molecule has 1 amide bonds. The number of anilines is 4. The normalized spacial score (nSPS) is 10.3. The summed E-state index contributed by atoms with van der Waals surface area (Å²) in [4.78, 5) is 18.1. The van der Waals surface area contributed by atoms with Gasteiger partial charge in [0.15, 0.2) is 0 Å². The largest absolute Gasteiger partial charge is 0.372 e. The quantitative estimate of drug-likeness (QED) is 0.795. The molecule has 0 bridgehead atoms. The van der Waals surface area contributed by atoms with Gasteiger partial charge in [-0.3, -0.25) is 4.79 Å². The first-order valence-electron chi connectivity index (χ1n) is 8.45. The summed E-state index contributed by atoms with van der Waals surface area (Å²) in [6.45, 7) is 10.2. The van der Waals surface area contributed by atoms with Crippen LogP contribution in [0, 0.1) is 6.92 Å². The zero-order chi connectivity index (χ0) is 17.5. The van der Waals surface area contributed by atoms with E-state index in [-0.39, 0.29) is 5.91 Å². The Bertz CT molecular complexity index is 678. The lowest BCUT2D eigenvalue weighted by molar-refractivity contribution is -0.115. The zero-order valence-electron chi connectivity index (χ0n) is 14.9. The summed E-state index contributed by atoms with van der Waals surface area (Å²) in [7, 11) is 0. The highest BCUT2D eigenvalue weighted by Crippen LogP contribution is 2.25. The molecule has 1 aromatic carbocycles. The van der Waals surface area contributed by atoms with Crippen LogP contribution in [0.2, 0.25) is 0 Å². The van der Waals surface area contributed by atoms with Crippen molar-refractivity contribution in [3.8, 4) is 0 Å². The number of benzene rings is 1. The van der Waals surface area contributed by atoms with Gasteiger partial charge in [-0.25, -0.2) is 4.98 Å². The molecule has 0 spiro atoms. The fraction of sp³-hybridized carbons (Fsp3) is 0.368.